The Morgan fingerprint density at radius 2 is 0.634 bits per heavy atom. The highest BCUT2D eigenvalue weighted by molar-refractivity contribution is 7.71. The summed E-state index contributed by atoms with van der Waals surface area (Å²) in [7, 11) is -12.2. The molecule has 0 spiro atoms. The van der Waals surface area contributed by atoms with Crippen molar-refractivity contribution in [2.45, 2.75) is 133 Å². The molecule has 4 unspecified atom stereocenters. The third kappa shape index (κ3) is 26.3. The van der Waals surface area contributed by atoms with Gasteiger partial charge < -0.3 is 72.6 Å². The quantitative estimate of drug-likeness (QED) is 0.00798. The molecule has 6 aromatic carbocycles. The van der Waals surface area contributed by atoms with Crippen molar-refractivity contribution in [1.82, 2.24) is 28.7 Å². The van der Waals surface area contributed by atoms with Crippen molar-refractivity contribution in [3.05, 3.63) is 278 Å². The highest BCUT2D eigenvalue weighted by Crippen LogP contribution is 2.55. The van der Waals surface area contributed by atoms with Crippen LogP contribution in [0, 0.1) is 32.1 Å². The summed E-state index contributed by atoms with van der Waals surface area (Å²) in [4.78, 5) is 80.2. The zero-order chi connectivity index (χ0) is 89.4. The van der Waals surface area contributed by atoms with E-state index in [0.29, 0.717) is 15.1 Å². The maximum atomic E-state index is 14.0. The van der Waals surface area contributed by atoms with Crippen molar-refractivity contribution in [3.8, 4) is 17.2 Å². The molecule has 123 heavy (non-hydrogen) atoms. The Bertz CT molecular complexity index is 5080. The largest absolute Gasteiger partial charge is 0.461 e. The Labute approximate surface area is 734 Å². The lowest BCUT2D eigenvalue weighted by Gasteiger charge is -2.28. The molecule has 12 rings (SSSR count). The molecular weight excluding hydrogens is 1780 g/mol. The highest BCUT2D eigenvalue weighted by Gasteiger charge is 2.57. The number of nitrogens with zero attached hydrogens (tertiary/aromatic N) is 3. The van der Waals surface area contributed by atoms with Crippen molar-refractivity contribution >= 4 is 112 Å². The topological polar surface area (TPSA) is 448 Å². The second kappa shape index (κ2) is 42.7. The van der Waals surface area contributed by atoms with Gasteiger partial charge in [0.25, 0.3) is 16.7 Å². The summed E-state index contributed by atoms with van der Waals surface area (Å²) in [6.45, 7) is 7.33. The maximum Gasteiger partial charge on any atom is 0.380 e. The van der Waals surface area contributed by atoms with E-state index in [-0.39, 0.29) is 69.9 Å². The van der Waals surface area contributed by atoms with Crippen molar-refractivity contribution in [3.63, 3.8) is 0 Å². The fourth-order valence-electron chi connectivity index (χ4n) is 12.7. The summed E-state index contributed by atoms with van der Waals surface area (Å²) >= 11 is 33.4. The average Bonchev–Trinajstić information content (AvgIpc) is 1.62. The Morgan fingerprint density at radius 3 is 0.854 bits per heavy atom. The molecule has 0 amide bonds. The van der Waals surface area contributed by atoms with Gasteiger partial charge in [-0.05, 0) is 147 Å². The molecule has 3 aliphatic heterocycles. The minimum absolute atomic E-state index is 0.0314. The first kappa shape index (κ1) is 96.7. The van der Waals surface area contributed by atoms with Crippen molar-refractivity contribution < 1.29 is 114 Å². The first-order chi connectivity index (χ1) is 58.1. The van der Waals surface area contributed by atoms with Gasteiger partial charge in [-0.25, -0.2) is 13.7 Å². The number of aromatic amines is 3. The number of hydrogen-bond donors (Lipinski definition) is 9. The van der Waals surface area contributed by atoms with Gasteiger partial charge in [0.1, 0.15) is 90.5 Å². The molecule has 0 radical (unpaired) electrons. The molecule has 42 heteroatoms. The fraction of sp³-hybridized carbons (Fsp3) is 0.370. The number of rotatable bonds is 33. The van der Waals surface area contributed by atoms with Gasteiger partial charge in [-0.2, -0.15) is 0 Å². The van der Waals surface area contributed by atoms with E-state index in [2.05, 4.69) is 15.0 Å². The molecule has 9 aromatic rings. The van der Waals surface area contributed by atoms with Gasteiger partial charge in [0.2, 0.25) is 0 Å². The monoisotopic (exact) mass is 1870 g/mol. The first-order valence-corrected chi connectivity index (χ1v) is 45.5. The third-order valence-corrected chi connectivity index (χ3v) is 27.2. The van der Waals surface area contributed by atoms with E-state index >= 15 is 0 Å². The van der Waals surface area contributed by atoms with Gasteiger partial charge in [-0.3, -0.25) is 71.0 Å². The molecule has 3 saturated heterocycles. The molecule has 18 atom stereocenters. The van der Waals surface area contributed by atoms with Crippen LogP contribution in [0.15, 0.2) is 215 Å². The summed E-state index contributed by atoms with van der Waals surface area (Å²) in [6.07, 6.45) is -8.68. The zero-order valence-corrected chi connectivity index (χ0v) is 74.0. The standard InChI is InChI=1S/3C27H30ClN2O9PS/c3*1-17(24(33)36-14-18-6-4-3-5-7-18)16-40(35,39-20-10-8-19(28)9-11-20)37-15-21-23(32)27(2,34)25(38-21)30-13-12-22(31)29-26(30)41/h3*3-13,17,21,23,25,32,34H,14-16H2,1-2H3,(H,29,31,41)/t17-,21-,23+,25-,27?,40?;17-,21-,23+,25-,27?,40+;17-,21-,23+,25-,27?,40-/m111/s1. The summed E-state index contributed by atoms with van der Waals surface area (Å²) in [6, 6.07) is 49.1. The fourth-order valence-corrected chi connectivity index (χ4v) is 19.4. The van der Waals surface area contributed by atoms with Crippen LogP contribution in [0.2, 0.25) is 15.1 Å². The Kier molecular flexibility index (Phi) is 33.6. The minimum atomic E-state index is -4.08. The molecule has 0 aliphatic carbocycles. The SMILES string of the molecule is C[C@H](CP(=O)(OC[C@H]1O[C@@H](n2ccc(=O)[nH]c2=S)C(C)(O)[C@H]1O)Oc1ccc(Cl)cc1)C(=O)OCc1ccccc1.C[C@H](C[P@@](=O)(OC[C@H]1O[C@@H](n2ccc(=O)[nH]c2=S)C(C)(O)[C@H]1O)Oc1ccc(Cl)cc1)C(=O)OCc1ccccc1.C[C@H](C[P@](=O)(OC[C@H]1O[C@@H](n2ccc(=O)[nH]c2=S)C(C)(O)[C@H]1O)Oc1ccc(Cl)cc1)C(=O)OCc1ccccc1. The zero-order valence-electron chi connectivity index (χ0n) is 66.6. The van der Waals surface area contributed by atoms with Crippen molar-refractivity contribution in [1.29, 1.82) is 0 Å². The van der Waals surface area contributed by atoms with E-state index in [1.54, 1.807) is 0 Å². The summed E-state index contributed by atoms with van der Waals surface area (Å²) < 4.78 is 114. The van der Waals surface area contributed by atoms with Gasteiger partial charge in [0.15, 0.2) is 33.0 Å². The molecule has 6 heterocycles. The lowest BCUT2D eigenvalue weighted by atomic mass is 9.96. The predicted octanol–water partition coefficient (Wildman–Crippen LogP) is 12.7. The minimum Gasteiger partial charge on any atom is -0.461 e. The van der Waals surface area contributed by atoms with Crippen molar-refractivity contribution in [2.24, 2.45) is 17.8 Å². The number of H-pyrrole nitrogens is 3. The van der Waals surface area contributed by atoms with Gasteiger partial charge in [-0.1, -0.05) is 147 Å². The molecule has 9 N–H and O–H groups in total. The molecule has 0 bridgehead atoms. The second-order valence-corrected chi connectivity index (χ2v) is 38.1. The van der Waals surface area contributed by atoms with Crippen LogP contribution in [0.3, 0.4) is 0 Å². The van der Waals surface area contributed by atoms with Crippen LogP contribution in [0.5, 0.6) is 17.2 Å². The van der Waals surface area contributed by atoms with Gasteiger partial charge in [0.05, 0.1) is 56.1 Å². The van der Waals surface area contributed by atoms with Crippen LogP contribution in [0.25, 0.3) is 0 Å². The van der Waals surface area contributed by atoms with Gasteiger partial charge in [0, 0.05) is 51.9 Å². The number of ether oxygens (including phenoxy) is 6. The van der Waals surface area contributed by atoms with Crippen LogP contribution in [0.1, 0.15) is 76.9 Å². The van der Waals surface area contributed by atoms with Crippen LogP contribution >= 0.6 is 94.2 Å². The smallest absolute Gasteiger partial charge is 0.380 e. The van der Waals surface area contributed by atoms with Crippen LogP contribution in [0.4, 0.5) is 0 Å². The lowest BCUT2D eigenvalue weighted by molar-refractivity contribution is -0.149. The Balaban J connectivity index is 0.000000193. The highest BCUT2D eigenvalue weighted by atomic mass is 35.5. The molecule has 660 valence electrons. The van der Waals surface area contributed by atoms with E-state index in [1.165, 1.54) is 165 Å². The van der Waals surface area contributed by atoms with Gasteiger partial charge in [-0.15, -0.1) is 0 Å². The summed E-state index contributed by atoms with van der Waals surface area (Å²) in [5, 5.41) is 67.0. The third-order valence-electron chi connectivity index (χ3n) is 19.4. The average molecular weight is 1880 g/mol. The molecule has 33 nitrogen and oxygen atoms in total. The molecule has 3 aliphatic rings. The molecule has 0 saturated carbocycles. The van der Waals surface area contributed by atoms with Crippen molar-refractivity contribution in [2.75, 3.05) is 38.3 Å². The Morgan fingerprint density at radius 1 is 0.407 bits per heavy atom. The number of carbonyl (C=O) groups is 3. The van der Waals surface area contributed by atoms with Crippen LogP contribution in [-0.4, -0.2) is 169 Å². The van der Waals surface area contributed by atoms with E-state index in [1.807, 2.05) is 91.0 Å². The number of benzene rings is 6. The summed E-state index contributed by atoms with van der Waals surface area (Å²) in [5.74, 6) is -3.94. The summed E-state index contributed by atoms with van der Waals surface area (Å²) in [5.41, 5.74) is -4.53. The number of aromatic nitrogens is 6. The number of aliphatic hydroxyl groups excluding tert-OH is 3. The first-order valence-electron chi connectivity index (χ1n) is 37.9. The van der Waals surface area contributed by atoms with Gasteiger partial charge >= 0.3 is 40.7 Å². The Hall–Kier alpha value is -8.49. The van der Waals surface area contributed by atoms with E-state index in [0.717, 1.165) is 16.7 Å². The van der Waals surface area contributed by atoms with Crippen LogP contribution < -0.4 is 30.2 Å². The second-order valence-electron chi connectivity index (χ2n) is 29.5. The number of carbonyl (C=O) groups excluding carboxylic acids is 3. The predicted molar refractivity (Wildman–Crippen MR) is 457 cm³/mol. The van der Waals surface area contributed by atoms with Crippen LogP contribution in [-0.2, 0) is 89.9 Å². The van der Waals surface area contributed by atoms with E-state index < -0.39 is 167 Å². The molecular formula is C81H90Cl3N6O27P3S3. The van der Waals surface area contributed by atoms with E-state index in [9.17, 15) is 73.1 Å². The number of esters is 3. The lowest BCUT2D eigenvalue weighted by Crippen LogP contribution is -2.44. The number of aliphatic hydroxyl groups is 6. The molecule has 3 fully saturated rings. The normalized spacial score (nSPS) is 24.4. The maximum absolute atomic E-state index is 14.0. The number of halogens is 3. The number of nitrogens with one attached hydrogen (secondary N) is 3. The van der Waals surface area contributed by atoms with E-state index in [4.69, 9.17) is 127 Å². The molecule has 3 aromatic heterocycles. The number of hydrogen-bond acceptors (Lipinski definition) is 30.